The quantitative estimate of drug-likeness (QED) is 0.0222. The summed E-state index contributed by atoms with van der Waals surface area (Å²) in [6.45, 7) is 14.0. The number of phosphoric acid groups is 2. The highest BCUT2D eigenvalue weighted by Crippen LogP contribution is 2.45. The second-order valence-corrected chi connectivity index (χ2v) is 29.1. The van der Waals surface area contributed by atoms with Gasteiger partial charge in [-0.3, -0.25) is 37.3 Å². The Morgan fingerprint density at radius 3 is 0.816 bits per heavy atom. The first-order valence-corrected chi connectivity index (χ1v) is 38.2. The van der Waals surface area contributed by atoms with Crippen molar-refractivity contribution in [1.29, 1.82) is 0 Å². The van der Waals surface area contributed by atoms with E-state index >= 15 is 0 Å². The van der Waals surface area contributed by atoms with E-state index in [4.69, 9.17) is 37.0 Å². The number of hydrogen-bond donors (Lipinski definition) is 3. The summed E-state index contributed by atoms with van der Waals surface area (Å²) in [6.07, 6.45) is 39.3. The van der Waals surface area contributed by atoms with Gasteiger partial charge in [-0.2, -0.15) is 0 Å². The van der Waals surface area contributed by atoms with E-state index in [1.165, 1.54) is 122 Å². The van der Waals surface area contributed by atoms with Crippen molar-refractivity contribution in [3.63, 3.8) is 0 Å². The molecule has 0 saturated carbocycles. The van der Waals surface area contributed by atoms with E-state index in [0.29, 0.717) is 43.4 Å². The summed E-state index contributed by atoms with van der Waals surface area (Å²) >= 11 is 0. The van der Waals surface area contributed by atoms with Gasteiger partial charge in [-0.15, -0.1) is 0 Å². The lowest BCUT2D eigenvalue weighted by Crippen LogP contribution is -2.30. The molecule has 516 valence electrons. The Bertz CT molecular complexity index is 1730. The standard InChI is InChI=1S/C68H132O17P2/c1-9-61(8)47-39-31-22-16-14-12-10-11-13-15-17-23-34-42-50-67(72)84-64(55-79-66(71)49-41-33-27-26-30-38-46-60(6)7)57-83-87(76,77)81-53-62(69)52-80-86(74,75)82-56-63(85-68(73)51-43-35-25-19-21-29-37-45-59(4)5)54-78-65(70)48-40-32-24-18-20-28-36-44-58(2)3/h58-64,69H,9-57H2,1-8H3,(H,74,75)(H,76,77)/t61?,62-,63-,64-/m1/s1. The third kappa shape index (κ3) is 61.3. The first-order chi connectivity index (χ1) is 41.6. The molecule has 6 atom stereocenters. The van der Waals surface area contributed by atoms with E-state index in [1.54, 1.807) is 0 Å². The van der Waals surface area contributed by atoms with Gasteiger partial charge in [-0.25, -0.2) is 9.13 Å². The SMILES string of the molecule is CCC(C)CCCCCCCCCCCCCCCCC(=O)O[C@H](COC(=O)CCCCCCCCC(C)C)COP(=O)(O)OC[C@H](O)COP(=O)(O)OC[C@@H](COC(=O)CCCCCCCCCC(C)C)OC(=O)CCCCCCCCCC(C)C. The van der Waals surface area contributed by atoms with Gasteiger partial charge in [0.2, 0.25) is 0 Å². The third-order valence-corrected chi connectivity index (χ3v) is 17.8. The smallest absolute Gasteiger partial charge is 0.462 e. The van der Waals surface area contributed by atoms with Gasteiger partial charge in [0.25, 0.3) is 0 Å². The Hall–Kier alpha value is -1.94. The number of rotatable bonds is 65. The number of ether oxygens (including phenoxy) is 4. The number of unbranched alkanes of at least 4 members (excludes halogenated alkanes) is 30. The molecule has 0 aliphatic carbocycles. The molecule has 0 aliphatic heterocycles. The third-order valence-electron chi connectivity index (χ3n) is 15.9. The molecule has 0 fully saturated rings. The van der Waals surface area contributed by atoms with Crippen molar-refractivity contribution in [2.45, 2.75) is 350 Å². The summed E-state index contributed by atoms with van der Waals surface area (Å²) in [5, 5.41) is 10.6. The lowest BCUT2D eigenvalue weighted by molar-refractivity contribution is -0.161. The zero-order valence-corrected chi connectivity index (χ0v) is 58.4. The van der Waals surface area contributed by atoms with Gasteiger partial charge >= 0.3 is 39.5 Å². The first-order valence-electron chi connectivity index (χ1n) is 35.2. The summed E-state index contributed by atoms with van der Waals surface area (Å²) in [5.41, 5.74) is 0. The second-order valence-electron chi connectivity index (χ2n) is 26.2. The molecule has 17 nitrogen and oxygen atoms in total. The summed E-state index contributed by atoms with van der Waals surface area (Å²) in [6, 6.07) is 0. The van der Waals surface area contributed by atoms with E-state index in [9.17, 15) is 43.2 Å². The maximum absolute atomic E-state index is 13.0. The molecule has 0 aromatic carbocycles. The highest BCUT2D eigenvalue weighted by atomic mass is 31.2. The average Bonchev–Trinajstić information content (AvgIpc) is 3.47. The molecule has 0 aromatic heterocycles. The Balaban J connectivity index is 5.20. The van der Waals surface area contributed by atoms with Crippen LogP contribution in [0.4, 0.5) is 0 Å². The van der Waals surface area contributed by atoms with Gasteiger partial charge in [-0.1, -0.05) is 280 Å². The van der Waals surface area contributed by atoms with Gasteiger partial charge in [0.15, 0.2) is 12.2 Å². The van der Waals surface area contributed by atoms with Crippen molar-refractivity contribution in [3.05, 3.63) is 0 Å². The highest BCUT2D eigenvalue weighted by molar-refractivity contribution is 7.47. The van der Waals surface area contributed by atoms with E-state index in [2.05, 4.69) is 55.4 Å². The number of aliphatic hydroxyl groups is 1. The maximum atomic E-state index is 13.0. The van der Waals surface area contributed by atoms with Crippen LogP contribution in [0.5, 0.6) is 0 Å². The van der Waals surface area contributed by atoms with Gasteiger partial charge in [0.1, 0.15) is 19.3 Å². The number of phosphoric ester groups is 2. The molecule has 0 amide bonds. The predicted octanol–water partition coefficient (Wildman–Crippen LogP) is 18.9. The molecule has 0 saturated heterocycles. The van der Waals surface area contributed by atoms with Crippen molar-refractivity contribution in [2.24, 2.45) is 23.7 Å². The number of aliphatic hydroxyl groups excluding tert-OH is 1. The minimum absolute atomic E-state index is 0.102. The molecule has 0 spiro atoms. The molecule has 0 rings (SSSR count). The molecule has 0 aromatic rings. The van der Waals surface area contributed by atoms with Gasteiger partial charge in [-0.05, 0) is 49.4 Å². The van der Waals surface area contributed by atoms with Crippen molar-refractivity contribution >= 4 is 39.5 Å². The molecular formula is C68H132O17P2. The van der Waals surface area contributed by atoms with Gasteiger partial charge in [0.05, 0.1) is 26.4 Å². The fraction of sp³-hybridized carbons (Fsp3) is 0.941. The van der Waals surface area contributed by atoms with E-state index < -0.39 is 97.5 Å². The number of carbonyl (C=O) groups is 4. The molecule has 3 N–H and O–H groups in total. The lowest BCUT2D eigenvalue weighted by atomic mass is 9.99. The molecule has 0 heterocycles. The number of carbonyl (C=O) groups excluding carboxylic acids is 4. The minimum Gasteiger partial charge on any atom is -0.462 e. The monoisotopic (exact) mass is 1280 g/mol. The molecule has 19 heteroatoms. The number of esters is 4. The molecular weight excluding hydrogens is 1150 g/mol. The molecule has 3 unspecified atom stereocenters. The van der Waals surface area contributed by atoms with Crippen molar-refractivity contribution in [1.82, 2.24) is 0 Å². The van der Waals surface area contributed by atoms with Crippen LogP contribution in [0.1, 0.15) is 331 Å². The van der Waals surface area contributed by atoms with Crippen LogP contribution in [-0.2, 0) is 65.4 Å². The van der Waals surface area contributed by atoms with Crippen LogP contribution in [0.15, 0.2) is 0 Å². The zero-order valence-electron chi connectivity index (χ0n) is 56.6. The Morgan fingerprint density at radius 2 is 0.552 bits per heavy atom. The number of hydrogen-bond acceptors (Lipinski definition) is 15. The van der Waals surface area contributed by atoms with Crippen LogP contribution in [0, 0.1) is 23.7 Å². The summed E-state index contributed by atoms with van der Waals surface area (Å²) < 4.78 is 68.1. The van der Waals surface area contributed by atoms with Gasteiger partial charge in [0, 0.05) is 25.7 Å². The van der Waals surface area contributed by atoms with Gasteiger partial charge < -0.3 is 33.8 Å². The van der Waals surface area contributed by atoms with Crippen LogP contribution < -0.4 is 0 Å². The lowest BCUT2D eigenvalue weighted by Gasteiger charge is -2.21. The summed E-state index contributed by atoms with van der Waals surface area (Å²) in [5.74, 6) is 0.789. The normalized spacial score (nSPS) is 14.6. The fourth-order valence-electron chi connectivity index (χ4n) is 10.1. The summed E-state index contributed by atoms with van der Waals surface area (Å²) in [4.78, 5) is 72.3. The molecule has 0 aliphatic rings. The maximum Gasteiger partial charge on any atom is 0.472 e. The molecule has 0 radical (unpaired) electrons. The van der Waals surface area contributed by atoms with Crippen LogP contribution in [0.2, 0.25) is 0 Å². The van der Waals surface area contributed by atoms with E-state index in [1.807, 2.05) is 0 Å². The fourth-order valence-corrected chi connectivity index (χ4v) is 11.7. The van der Waals surface area contributed by atoms with Crippen molar-refractivity contribution in [3.8, 4) is 0 Å². The Kier molecular flexibility index (Phi) is 56.6. The largest absolute Gasteiger partial charge is 0.472 e. The summed E-state index contributed by atoms with van der Waals surface area (Å²) in [7, 11) is -9.90. The van der Waals surface area contributed by atoms with Crippen molar-refractivity contribution < 1.29 is 80.2 Å². The topological polar surface area (TPSA) is 237 Å². The van der Waals surface area contributed by atoms with E-state index in [0.717, 1.165) is 109 Å². The Morgan fingerprint density at radius 1 is 0.322 bits per heavy atom. The average molecular weight is 1280 g/mol. The highest BCUT2D eigenvalue weighted by Gasteiger charge is 2.30. The first kappa shape index (κ1) is 85.1. The predicted molar refractivity (Wildman–Crippen MR) is 349 cm³/mol. The van der Waals surface area contributed by atoms with Crippen LogP contribution in [-0.4, -0.2) is 96.7 Å². The van der Waals surface area contributed by atoms with Crippen molar-refractivity contribution in [2.75, 3.05) is 39.6 Å². The van der Waals surface area contributed by atoms with E-state index in [-0.39, 0.29) is 25.7 Å². The second kappa shape index (κ2) is 57.9. The molecule has 87 heavy (non-hydrogen) atoms. The zero-order chi connectivity index (χ0) is 64.7. The Labute approximate surface area is 530 Å². The van der Waals surface area contributed by atoms with Crippen LogP contribution >= 0.6 is 15.6 Å². The van der Waals surface area contributed by atoms with Crippen LogP contribution in [0.25, 0.3) is 0 Å². The minimum atomic E-state index is -4.95. The molecule has 0 bridgehead atoms. The van der Waals surface area contributed by atoms with Crippen LogP contribution in [0.3, 0.4) is 0 Å².